The van der Waals surface area contributed by atoms with Crippen LogP contribution in [0.3, 0.4) is 0 Å². The van der Waals surface area contributed by atoms with Gasteiger partial charge in [-0.3, -0.25) is 4.98 Å². The van der Waals surface area contributed by atoms with E-state index in [4.69, 9.17) is 0 Å². The van der Waals surface area contributed by atoms with E-state index in [2.05, 4.69) is 48.4 Å². The lowest BCUT2D eigenvalue weighted by molar-refractivity contribution is 0.338. The summed E-state index contributed by atoms with van der Waals surface area (Å²) in [5, 5.41) is 6.13. The van der Waals surface area contributed by atoms with Gasteiger partial charge in [0.05, 0.1) is 0 Å². The first-order valence-electron chi connectivity index (χ1n) is 7.23. The van der Waals surface area contributed by atoms with Gasteiger partial charge in [-0.2, -0.15) is 0 Å². The maximum absolute atomic E-state index is 4.15. The zero-order chi connectivity index (χ0) is 13.3. The molecule has 2 aromatic rings. The van der Waals surface area contributed by atoms with Gasteiger partial charge < -0.3 is 5.32 Å². The Kier molecular flexibility index (Phi) is 3.28. The molecule has 1 N–H and O–H groups in total. The molecule has 0 spiro atoms. The van der Waals surface area contributed by atoms with Crippen LogP contribution < -0.4 is 5.32 Å². The number of benzene rings is 1. The zero-order valence-electron chi connectivity index (χ0n) is 11.8. The number of aromatic nitrogens is 1. The molecule has 0 saturated heterocycles. The van der Waals surface area contributed by atoms with Gasteiger partial charge in [0.15, 0.2) is 0 Å². The van der Waals surface area contributed by atoms with Crippen molar-refractivity contribution in [3.63, 3.8) is 0 Å². The molecule has 19 heavy (non-hydrogen) atoms. The molecule has 1 heterocycles. The van der Waals surface area contributed by atoms with E-state index >= 15 is 0 Å². The van der Waals surface area contributed by atoms with E-state index in [9.17, 15) is 0 Å². The van der Waals surface area contributed by atoms with E-state index < -0.39 is 0 Å². The Labute approximate surface area is 115 Å². The molecule has 0 radical (unpaired) electrons. The summed E-state index contributed by atoms with van der Waals surface area (Å²) >= 11 is 0. The minimum absolute atomic E-state index is 0.584. The lowest BCUT2D eigenvalue weighted by Crippen LogP contribution is -2.27. The summed E-state index contributed by atoms with van der Waals surface area (Å²) in [7, 11) is 0. The molecule has 0 unspecified atom stereocenters. The summed E-state index contributed by atoms with van der Waals surface area (Å²) in [5.74, 6) is 0.794. The quantitative estimate of drug-likeness (QED) is 0.878. The average Bonchev–Trinajstić information content (AvgIpc) is 3.20. The van der Waals surface area contributed by atoms with E-state index in [0.717, 1.165) is 19.0 Å². The van der Waals surface area contributed by atoms with Crippen molar-refractivity contribution in [2.24, 2.45) is 11.3 Å². The highest BCUT2D eigenvalue weighted by Crippen LogP contribution is 2.51. The second-order valence-corrected chi connectivity index (χ2v) is 6.18. The number of rotatable bonds is 5. The topological polar surface area (TPSA) is 24.9 Å². The van der Waals surface area contributed by atoms with Crippen LogP contribution in [0.4, 0.5) is 0 Å². The van der Waals surface area contributed by atoms with Crippen molar-refractivity contribution in [3.05, 3.63) is 42.2 Å². The van der Waals surface area contributed by atoms with Crippen LogP contribution in [-0.2, 0) is 6.54 Å². The van der Waals surface area contributed by atoms with Gasteiger partial charge in [-0.15, -0.1) is 0 Å². The summed E-state index contributed by atoms with van der Waals surface area (Å²) in [6.45, 7) is 6.81. The fourth-order valence-corrected chi connectivity index (χ4v) is 2.82. The minimum atomic E-state index is 0.584. The smallest absolute Gasteiger partial charge is 0.0346 e. The van der Waals surface area contributed by atoms with Crippen molar-refractivity contribution in [2.75, 3.05) is 6.54 Å². The summed E-state index contributed by atoms with van der Waals surface area (Å²) in [6, 6.07) is 8.70. The van der Waals surface area contributed by atoms with Crippen LogP contribution in [0.25, 0.3) is 10.8 Å². The fourth-order valence-electron chi connectivity index (χ4n) is 2.82. The molecular weight excluding hydrogens is 232 g/mol. The molecule has 1 aliphatic carbocycles. The predicted octanol–water partition coefficient (Wildman–Crippen LogP) is 3.76. The fraction of sp³-hybridized carbons (Fsp3) is 0.471. The molecule has 100 valence electrons. The van der Waals surface area contributed by atoms with Crippen molar-refractivity contribution in [3.8, 4) is 0 Å². The van der Waals surface area contributed by atoms with Crippen LogP contribution >= 0.6 is 0 Å². The Morgan fingerprint density at radius 3 is 2.79 bits per heavy atom. The molecule has 0 amide bonds. The van der Waals surface area contributed by atoms with E-state index in [0.29, 0.717) is 5.41 Å². The van der Waals surface area contributed by atoms with Gasteiger partial charge in [-0.25, -0.2) is 0 Å². The van der Waals surface area contributed by atoms with Crippen LogP contribution in [0.2, 0.25) is 0 Å². The normalized spacial score (nSPS) is 17.0. The largest absolute Gasteiger partial charge is 0.312 e. The molecule has 1 aliphatic rings. The molecule has 1 aromatic carbocycles. The van der Waals surface area contributed by atoms with Gasteiger partial charge in [0.25, 0.3) is 0 Å². The van der Waals surface area contributed by atoms with Gasteiger partial charge in [-0.05, 0) is 47.3 Å². The number of fused-ring (bicyclic) bond motifs is 1. The molecule has 2 nitrogen and oxygen atoms in total. The van der Waals surface area contributed by atoms with Crippen LogP contribution in [0, 0.1) is 11.3 Å². The SMILES string of the molecule is CC(C)C1(CNCc2ccc3cnccc3c2)CC1. The monoisotopic (exact) mass is 254 g/mol. The van der Waals surface area contributed by atoms with Crippen molar-refractivity contribution in [1.29, 1.82) is 0 Å². The predicted molar refractivity (Wildman–Crippen MR) is 80.0 cm³/mol. The lowest BCUT2D eigenvalue weighted by atomic mass is 9.92. The molecular formula is C17H22N2. The van der Waals surface area contributed by atoms with Crippen LogP contribution in [-0.4, -0.2) is 11.5 Å². The number of nitrogens with one attached hydrogen (secondary N) is 1. The summed E-state index contributed by atoms with van der Waals surface area (Å²) in [4.78, 5) is 4.15. The number of pyridine rings is 1. The summed E-state index contributed by atoms with van der Waals surface area (Å²) in [5.41, 5.74) is 1.94. The second-order valence-electron chi connectivity index (χ2n) is 6.18. The summed E-state index contributed by atoms with van der Waals surface area (Å²) < 4.78 is 0. The highest BCUT2D eigenvalue weighted by atomic mass is 14.9. The van der Waals surface area contributed by atoms with Crippen LogP contribution in [0.5, 0.6) is 0 Å². The third-order valence-corrected chi connectivity index (χ3v) is 4.63. The van der Waals surface area contributed by atoms with E-state index in [1.807, 2.05) is 12.4 Å². The average molecular weight is 254 g/mol. The molecule has 0 aliphatic heterocycles. The van der Waals surface area contributed by atoms with Crippen molar-refractivity contribution < 1.29 is 0 Å². The Balaban J connectivity index is 1.63. The highest BCUT2D eigenvalue weighted by molar-refractivity contribution is 5.81. The molecule has 2 heteroatoms. The maximum Gasteiger partial charge on any atom is 0.0346 e. The zero-order valence-corrected chi connectivity index (χ0v) is 11.8. The first-order valence-corrected chi connectivity index (χ1v) is 7.23. The first-order chi connectivity index (χ1) is 9.20. The third kappa shape index (κ3) is 2.64. The molecule has 0 atom stereocenters. The highest BCUT2D eigenvalue weighted by Gasteiger charge is 2.44. The van der Waals surface area contributed by atoms with Crippen LogP contribution in [0.1, 0.15) is 32.3 Å². The van der Waals surface area contributed by atoms with Crippen molar-refractivity contribution in [1.82, 2.24) is 10.3 Å². The molecule has 0 bridgehead atoms. The van der Waals surface area contributed by atoms with Gasteiger partial charge in [0.1, 0.15) is 0 Å². The Bertz CT molecular complexity index is 570. The summed E-state index contributed by atoms with van der Waals surface area (Å²) in [6.07, 6.45) is 6.56. The lowest BCUT2D eigenvalue weighted by Gasteiger charge is -2.20. The Morgan fingerprint density at radius 1 is 1.21 bits per heavy atom. The second kappa shape index (κ2) is 4.93. The number of nitrogens with zero attached hydrogens (tertiary/aromatic N) is 1. The Morgan fingerprint density at radius 2 is 2.05 bits per heavy atom. The van der Waals surface area contributed by atoms with Gasteiger partial charge in [0.2, 0.25) is 0 Å². The van der Waals surface area contributed by atoms with E-state index in [1.165, 1.54) is 29.2 Å². The molecule has 1 saturated carbocycles. The Hall–Kier alpha value is -1.41. The van der Waals surface area contributed by atoms with Crippen molar-refractivity contribution in [2.45, 2.75) is 33.2 Å². The van der Waals surface area contributed by atoms with Gasteiger partial charge in [0, 0.05) is 30.9 Å². The first kappa shape index (κ1) is 12.6. The van der Waals surface area contributed by atoms with E-state index in [-0.39, 0.29) is 0 Å². The molecule has 1 aromatic heterocycles. The van der Waals surface area contributed by atoms with Crippen molar-refractivity contribution >= 4 is 10.8 Å². The number of hydrogen-bond acceptors (Lipinski definition) is 2. The minimum Gasteiger partial charge on any atom is -0.312 e. The van der Waals surface area contributed by atoms with Gasteiger partial charge in [-0.1, -0.05) is 26.0 Å². The maximum atomic E-state index is 4.15. The standard InChI is InChI=1S/C17H22N2/c1-13(2)17(6-7-17)12-19-10-14-3-4-16-11-18-8-5-15(16)9-14/h3-5,8-9,11,13,19H,6-7,10,12H2,1-2H3. The van der Waals surface area contributed by atoms with Crippen LogP contribution in [0.15, 0.2) is 36.7 Å². The number of hydrogen-bond donors (Lipinski definition) is 1. The van der Waals surface area contributed by atoms with Gasteiger partial charge >= 0.3 is 0 Å². The molecule has 1 fully saturated rings. The third-order valence-electron chi connectivity index (χ3n) is 4.63. The molecule has 3 rings (SSSR count). The van der Waals surface area contributed by atoms with E-state index in [1.54, 1.807) is 0 Å².